The lowest BCUT2D eigenvalue weighted by Gasteiger charge is -2.42. The van der Waals surface area contributed by atoms with Crippen LogP contribution in [-0.4, -0.2) is 36.1 Å². The average molecular weight is 266 g/mol. The third-order valence-corrected chi connectivity index (χ3v) is 5.53. The van der Waals surface area contributed by atoms with Gasteiger partial charge in [-0.1, -0.05) is 34.6 Å². The molecule has 2 rings (SSSR count). The van der Waals surface area contributed by atoms with E-state index in [1.54, 1.807) is 0 Å². The van der Waals surface area contributed by atoms with Crippen molar-refractivity contribution in [2.45, 2.75) is 84.8 Å². The molecule has 2 heteroatoms. The maximum atomic E-state index is 3.75. The van der Waals surface area contributed by atoms with E-state index in [1.165, 1.54) is 45.2 Å². The van der Waals surface area contributed by atoms with Gasteiger partial charge in [-0.25, -0.2) is 0 Å². The molecule has 3 atom stereocenters. The van der Waals surface area contributed by atoms with Gasteiger partial charge < -0.3 is 5.32 Å². The molecular formula is C17H34N2. The van der Waals surface area contributed by atoms with E-state index < -0.39 is 0 Å². The summed E-state index contributed by atoms with van der Waals surface area (Å²) in [7, 11) is 0. The van der Waals surface area contributed by atoms with E-state index in [0.29, 0.717) is 5.41 Å². The molecule has 2 heterocycles. The van der Waals surface area contributed by atoms with Crippen LogP contribution in [0.15, 0.2) is 0 Å². The van der Waals surface area contributed by atoms with Gasteiger partial charge in [0.1, 0.15) is 0 Å². The molecular weight excluding hydrogens is 232 g/mol. The number of piperidine rings is 1. The molecule has 2 fully saturated rings. The monoisotopic (exact) mass is 266 g/mol. The third-order valence-electron chi connectivity index (χ3n) is 5.53. The van der Waals surface area contributed by atoms with Gasteiger partial charge in [-0.3, -0.25) is 4.90 Å². The van der Waals surface area contributed by atoms with E-state index in [2.05, 4.69) is 44.8 Å². The number of hydrogen-bond acceptors (Lipinski definition) is 2. The van der Waals surface area contributed by atoms with Crippen LogP contribution in [0.1, 0.15) is 66.7 Å². The van der Waals surface area contributed by atoms with Crippen LogP contribution in [0.4, 0.5) is 0 Å². The van der Waals surface area contributed by atoms with Crippen molar-refractivity contribution in [2.75, 3.05) is 13.1 Å². The maximum Gasteiger partial charge on any atom is 0.0114 e. The zero-order valence-electron chi connectivity index (χ0n) is 13.7. The highest BCUT2D eigenvalue weighted by Crippen LogP contribution is 2.38. The maximum absolute atomic E-state index is 3.75. The van der Waals surface area contributed by atoms with Crippen LogP contribution in [-0.2, 0) is 0 Å². The normalized spacial score (nSPS) is 33.6. The van der Waals surface area contributed by atoms with Gasteiger partial charge in [0.15, 0.2) is 0 Å². The van der Waals surface area contributed by atoms with Gasteiger partial charge in [0, 0.05) is 24.7 Å². The molecule has 0 aromatic rings. The molecule has 2 bridgehead atoms. The summed E-state index contributed by atoms with van der Waals surface area (Å²) in [6, 6.07) is 2.51. The van der Waals surface area contributed by atoms with Gasteiger partial charge in [-0.15, -0.1) is 0 Å². The van der Waals surface area contributed by atoms with Crippen LogP contribution >= 0.6 is 0 Å². The van der Waals surface area contributed by atoms with E-state index >= 15 is 0 Å². The molecule has 0 radical (unpaired) electrons. The molecule has 2 nitrogen and oxygen atoms in total. The van der Waals surface area contributed by atoms with E-state index in [-0.39, 0.29) is 0 Å². The topological polar surface area (TPSA) is 15.3 Å². The smallest absolute Gasteiger partial charge is 0.0114 e. The first-order chi connectivity index (χ1) is 8.91. The van der Waals surface area contributed by atoms with Crippen LogP contribution in [0.2, 0.25) is 0 Å². The minimum Gasteiger partial charge on any atom is -0.314 e. The van der Waals surface area contributed by atoms with Crippen molar-refractivity contribution in [1.29, 1.82) is 0 Å². The fourth-order valence-corrected chi connectivity index (χ4v) is 3.68. The summed E-state index contributed by atoms with van der Waals surface area (Å²) in [5.41, 5.74) is 0.441. The van der Waals surface area contributed by atoms with Gasteiger partial charge in [0.25, 0.3) is 0 Å². The van der Waals surface area contributed by atoms with Crippen molar-refractivity contribution in [3.63, 3.8) is 0 Å². The lowest BCUT2D eigenvalue weighted by Crippen LogP contribution is -2.51. The number of fused-ring (bicyclic) bond motifs is 2. The highest BCUT2D eigenvalue weighted by molar-refractivity contribution is 4.98. The van der Waals surface area contributed by atoms with Crippen molar-refractivity contribution in [1.82, 2.24) is 10.2 Å². The first kappa shape index (κ1) is 15.3. The van der Waals surface area contributed by atoms with Crippen LogP contribution in [0, 0.1) is 11.3 Å². The predicted molar refractivity (Wildman–Crippen MR) is 83.5 cm³/mol. The second-order valence-corrected chi connectivity index (χ2v) is 7.97. The fourth-order valence-electron chi connectivity index (χ4n) is 3.68. The lowest BCUT2D eigenvalue weighted by atomic mass is 9.81. The Morgan fingerprint density at radius 2 is 1.74 bits per heavy atom. The van der Waals surface area contributed by atoms with Gasteiger partial charge >= 0.3 is 0 Å². The number of rotatable bonds is 5. The molecule has 0 aromatic carbocycles. The fraction of sp³-hybridized carbons (Fsp3) is 1.00. The molecule has 0 amide bonds. The Morgan fingerprint density at radius 3 is 2.21 bits per heavy atom. The summed E-state index contributed by atoms with van der Waals surface area (Å²) in [4.78, 5) is 2.85. The predicted octanol–water partition coefficient (Wildman–Crippen LogP) is 3.66. The van der Waals surface area contributed by atoms with Crippen LogP contribution in [0.25, 0.3) is 0 Å². The molecule has 0 saturated carbocycles. The number of nitrogens with one attached hydrogen (secondary N) is 1. The van der Waals surface area contributed by atoms with Gasteiger partial charge in [-0.2, -0.15) is 0 Å². The second-order valence-electron chi connectivity index (χ2n) is 7.97. The Hall–Kier alpha value is -0.0800. The SMILES string of the molecule is CCCNC1CC2CCC(C1)N2CC(C)C(C)(C)C. The summed E-state index contributed by atoms with van der Waals surface area (Å²) in [5, 5.41) is 3.75. The van der Waals surface area contributed by atoms with Crippen molar-refractivity contribution >= 4 is 0 Å². The Bertz CT molecular complexity index is 267. The van der Waals surface area contributed by atoms with Crippen molar-refractivity contribution in [3.8, 4) is 0 Å². The molecule has 19 heavy (non-hydrogen) atoms. The minimum absolute atomic E-state index is 0.441. The highest BCUT2D eigenvalue weighted by Gasteiger charge is 2.41. The molecule has 2 aliphatic rings. The second kappa shape index (κ2) is 6.13. The van der Waals surface area contributed by atoms with E-state index in [1.807, 2.05) is 0 Å². The molecule has 2 saturated heterocycles. The summed E-state index contributed by atoms with van der Waals surface area (Å²) < 4.78 is 0. The standard InChI is InChI=1S/C17H34N2/c1-6-9-18-14-10-15-7-8-16(11-14)19(15)12-13(2)17(3,4)5/h13-16,18H,6-12H2,1-5H3. The van der Waals surface area contributed by atoms with Crippen LogP contribution < -0.4 is 5.32 Å². The van der Waals surface area contributed by atoms with E-state index in [4.69, 9.17) is 0 Å². The lowest BCUT2D eigenvalue weighted by molar-refractivity contribution is 0.0740. The van der Waals surface area contributed by atoms with Gasteiger partial charge in [0.2, 0.25) is 0 Å². The number of hydrogen-bond donors (Lipinski definition) is 1. The summed E-state index contributed by atoms with van der Waals surface area (Å²) in [6.07, 6.45) is 6.90. The highest BCUT2D eigenvalue weighted by atomic mass is 15.2. The summed E-state index contributed by atoms with van der Waals surface area (Å²) >= 11 is 0. The molecule has 0 spiro atoms. The van der Waals surface area contributed by atoms with Crippen LogP contribution in [0.3, 0.4) is 0 Å². The Balaban J connectivity index is 1.88. The molecule has 1 N–H and O–H groups in total. The van der Waals surface area contributed by atoms with Crippen molar-refractivity contribution in [3.05, 3.63) is 0 Å². The molecule has 3 unspecified atom stereocenters. The first-order valence-electron chi connectivity index (χ1n) is 8.41. The average Bonchev–Trinajstić information content (AvgIpc) is 2.58. The summed E-state index contributed by atoms with van der Waals surface area (Å²) in [5.74, 6) is 0.788. The number of nitrogens with zero attached hydrogens (tertiary/aromatic N) is 1. The Morgan fingerprint density at radius 1 is 1.16 bits per heavy atom. The molecule has 0 aliphatic carbocycles. The van der Waals surface area contributed by atoms with E-state index in [0.717, 1.165) is 24.0 Å². The third kappa shape index (κ3) is 3.72. The molecule has 2 aliphatic heterocycles. The van der Waals surface area contributed by atoms with Crippen molar-refractivity contribution < 1.29 is 0 Å². The summed E-state index contributed by atoms with van der Waals surface area (Å²) in [6.45, 7) is 14.4. The Kier molecular flexibility index (Phi) is 4.94. The Labute approximate surface area is 120 Å². The largest absolute Gasteiger partial charge is 0.314 e. The molecule has 112 valence electrons. The first-order valence-corrected chi connectivity index (χ1v) is 8.41. The quantitative estimate of drug-likeness (QED) is 0.817. The zero-order valence-corrected chi connectivity index (χ0v) is 13.7. The minimum atomic E-state index is 0.441. The van der Waals surface area contributed by atoms with Gasteiger partial charge in [-0.05, 0) is 50.0 Å². The zero-order chi connectivity index (χ0) is 14.0. The van der Waals surface area contributed by atoms with Crippen molar-refractivity contribution in [2.24, 2.45) is 11.3 Å². The van der Waals surface area contributed by atoms with E-state index in [9.17, 15) is 0 Å². The van der Waals surface area contributed by atoms with Gasteiger partial charge in [0.05, 0.1) is 0 Å². The van der Waals surface area contributed by atoms with Crippen LogP contribution in [0.5, 0.6) is 0 Å². The molecule has 0 aromatic heterocycles.